The molecule has 0 bridgehead atoms. The van der Waals surface area contributed by atoms with Gasteiger partial charge in [-0.2, -0.15) is 0 Å². The number of aromatic nitrogens is 1. The van der Waals surface area contributed by atoms with Crippen LogP contribution in [0.5, 0.6) is 0 Å². The van der Waals surface area contributed by atoms with Crippen molar-refractivity contribution in [3.63, 3.8) is 0 Å². The Morgan fingerprint density at radius 1 is 1.23 bits per heavy atom. The molecule has 0 saturated carbocycles. The fourth-order valence-electron chi connectivity index (χ4n) is 1.47. The van der Waals surface area contributed by atoms with Gasteiger partial charge < -0.3 is 10.1 Å². The molecule has 0 aliphatic heterocycles. The van der Waals surface area contributed by atoms with E-state index in [0.717, 1.165) is 6.42 Å². The summed E-state index contributed by atoms with van der Waals surface area (Å²) < 4.78 is 5.13. The molecule has 0 unspecified atom stereocenters. The number of nitrogens with one attached hydrogen (secondary N) is 2. The van der Waals surface area contributed by atoms with Crippen molar-refractivity contribution in [2.75, 3.05) is 11.9 Å². The highest BCUT2D eigenvalue weighted by atomic mass is 32.1. The summed E-state index contributed by atoms with van der Waals surface area (Å²) >= 11 is 1.19. The highest BCUT2D eigenvalue weighted by Gasteiger charge is 2.18. The monoisotopic (exact) mass is 327 g/mol. The predicted octanol–water partition coefficient (Wildman–Crippen LogP) is 3.66. The van der Waals surface area contributed by atoms with E-state index in [9.17, 15) is 9.59 Å². The molecule has 0 fully saturated rings. The summed E-state index contributed by atoms with van der Waals surface area (Å²) in [5, 5.41) is 7.30. The molecule has 0 radical (unpaired) electrons. The van der Waals surface area contributed by atoms with E-state index in [-0.39, 0.29) is 11.3 Å². The van der Waals surface area contributed by atoms with E-state index in [1.54, 1.807) is 26.2 Å². The molecule has 7 heteroatoms. The van der Waals surface area contributed by atoms with Crippen LogP contribution in [-0.4, -0.2) is 29.1 Å². The van der Waals surface area contributed by atoms with Crippen LogP contribution in [-0.2, 0) is 4.74 Å². The summed E-state index contributed by atoms with van der Waals surface area (Å²) in [4.78, 5) is 27.7. The first-order valence-corrected chi connectivity index (χ1v) is 8.08. The second-order valence-corrected chi connectivity index (χ2v) is 8.09. The molecule has 0 aliphatic rings. The summed E-state index contributed by atoms with van der Waals surface area (Å²) in [6.07, 6.45) is 0.299. The Balaban J connectivity index is 2.50. The van der Waals surface area contributed by atoms with Crippen molar-refractivity contribution in [2.45, 2.75) is 53.6 Å². The minimum Gasteiger partial charge on any atom is -0.444 e. The molecule has 6 nitrogen and oxygen atoms in total. The molecule has 2 N–H and O–H groups in total. The highest BCUT2D eigenvalue weighted by molar-refractivity contribution is 7.14. The Labute approximate surface area is 135 Å². The lowest BCUT2D eigenvalue weighted by Gasteiger charge is -2.18. The van der Waals surface area contributed by atoms with Crippen molar-refractivity contribution < 1.29 is 14.3 Å². The lowest BCUT2D eigenvalue weighted by Crippen LogP contribution is -2.28. The van der Waals surface area contributed by atoms with Crippen molar-refractivity contribution in [3.8, 4) is 0 Å². The van der Waals surface area contributed by atoms with Gasteiger partial charge in [-0.1, -0.05) is 20.8 Å². The largest absolute Gasteiger partial charge is 0.444 e. The first-order valence-electron chi connectivity index (χ1n) is 7.20. The third-order valence-corrected chi connectivity index (χ3v) is 3.26. The smallest absolute Gasteiger partial charge is 0.413 e. The van der Waals surface area contributed by atoms with Crippen molar-refractivity contribution in [1.29, 1.82) is 0 Å². The molecule has 1 aromatic rings. The van der Waals surface area contributed by atoms with E-state index in [4.69, 9.17) is 4.74 Å². The second-order valence-electron chi connectivity index (χ2n) is 7.23. The molecule has 22 heavy (non-hydrogen) atoms. The second kappa shape index (κ2) is 7.09. The van der Waals surface area contributed by atoms with Gasteiger partial charge in [-0.25, -0.2) is 9.78 Å². The van der Waals surface area contributed by atoms with Crippen LogP contribution in [0.3, 0.4) is 0 Å². The number of rotatable bonds is 4. The summed E-state index contributed by atoms with van der Waals surface area (Å²) in [5.41, 5.74) is -0.113. The van der Waals surface area contributed by atoms with Crippen molar-refractivity contribution in [3.05, 3.63) is 11.1 Å². The van der Waals surface area contributed by atoms with Crippen molar-refractivity contribution in [2.24, 2.45) is 5.41 Å². The zero-order valence-corrected chi connectivity index (χ0v) is 14.9. The topological polar surface area (TPSA) is 80.3 Å². The van der Waals surface area contributed by atoms with Crippen LogP contribution in [0.2, 0.25) is 0 Å². The van der Waals surface area contributed by atoms with Gasteiger partial charge in [0.1, 0.15) is 11.3 Å². The number of anilines is 1. The van der Waals surface area contributed by atoms with Crippen LogP contribution in [0.25, 0.3) is 0 Å². The molecule has 1 aromatic heterocycles. The summed E-state index contributed by atoms with van der Waals surface area (Å²) in [7, 11) is 0. The average Bonchev–Trinajstić information content (AvgIpc) is 2.72. The average molecular weight is 327 g/mol. The highest BCUT2D eigenvalue weighted by Crippen LogP contribution is 2.18. The molecular formula is C15H25N3O3S. The number of carbonyl (C=O) groups excluding carboxylic acids is 2. The van der Waals surface area contributed by atoms with E-state index in [0.29, 0.717) is 17.4 Å². The Hall–Kier alpha value is -1.63. The molecule has 0 atom stereocenters. The van der Waals surface area contributed by atoms with Gasteiger partial charge in [0, 0.05) is 11.9 Å². The number of ether oxygens (including phenoxy) is 1. The maximum atomic E-state index is 11.9. The number of nitrogens with zero attached hydrogens (tertiary/aromatic N) is 1. The molecule has 0 spiro atoms. The maximum Gasteiger partial charge on any atom is 0.413 e. The number of amides is 2. The molecule has 0 aromatic carbocycles. The molecule has 0 aliphatic carbocycles. The predicted molar refractivity (Wildman–Crippen MR) is 88.4 cm³/mol. The van der Waals surface area contributed by atoms with Crippen molar-refractivity contribution >= 4 is 28.5 Å². The standard InChI is InChI=1S/C15H25N3O3S/c1-14(2,3)7-8-16-11(19)10-9-22-12(17-10)18-13(20)21-15(4,5)6/h9H,7-8H2,1-6H3,(H,16,19)(H,17,18,20). The first kappa shape index (κ1) is 18.4. The third-order valence-electron chi connectivity index (χ3n) is 2.51. The summed E-state index contributed by atoms with van der Waals surface area (Å²) in [5.74, 6) is -0.238. The normalized spacial score (nSPS) is 11.9. The minimum atomic E-state index is -0.582. The molecule has 1 heterocycles. The number of hydrogen-bond acceptors (Lipinski definition) is 5. The van der Waals surface area contributed by atoms with Gasteiger partial charge in [0.15, 0.2) is 5.13 Å². The van der Waals surface area contributed by atoms with Gasteiger partial charge in [0.25, 0.3) is 5.91 Å². The van der Waals surface area contributed by atoms with E-state index in [1.807, 2.05) is 0 Å². The summed E-state index contributed by atoms with van der Waals surface area (Å²) in [6.45, 7) is 12.3. The Morgan fingerprint density at radius 2 is 1.86 bits per heavy atom. The van der Waals surface area contributed by atoms with Crippen LogP contribution in [0.1, 0.15) is 58.5 Å². The van der Waals surface area contributed by atoms with E-state index in [2.05, 4.69) is 36.4 Å². The van der Waals surface area contributed by atoms with E-state index >= 15 is 0 Å². The van der Waals surface area contributed by atoms with Gasteiger partial charge in [-0.15, -0.1) is 11.3 Å². The van der Waals surface area contributed by atoms with Crippen molar-refractivity contribution in [1.82, 2.24) is 10.3 Å². The number of hydrogen-bond donors (Lipinski definition) is 2. The van der Waals surface area contributed by atoms with Gasteiger partial charge >= 0.3 is 6.09 Å². The maximum absolute atomic E-state index is 11.9. The molecule has 1 rings (SSSR count). The molecule has 124 valence electrons. The van der Waals surface area contributed by atoms with Gasteiger partial charge in [0.2, 0.25) is 0 Å². The number of thiazole rings is 1. The van der Waals surface area contributed by atoms with Gasteiger partial charge in [-0.3, -0.25) is 10.1 Å². The quantitative estimate of drug-likeness (QED) is 0.884. The lowest BCUT2D eigenvalue weighted by molar-refractivity contribution is 0.0635. The van der Waals surface area contributed by atoms with E-state index < -0.39 is 11.7 Å². The van der Waals surface area contributed by atoms with E-state index in [1.165, 1.54) is 11.3 Å². The summed E-state index contributed by atoms with van der Waals surface area (Å²) in [6, 6.07) is 0. The minimum absolute atomic E-state index is 0.165. The molecule has 0 saturated heterocycles. The van der Waals surface area contributed by atoms with Gasteiger partial charge in [0.05, 0.1) is 0 Å². The van der Waals surface area contributed by atoms with Crippen LogP contribution in [0, 0.1) is 5.41 Å². The fourth-order valence-corrected chi connectivity index (χ4v) is 2.14. The first-order chi connectivity index (χ1) is 9.96. The number of carbonyl (C=O) groups is 2. The Morgan fingerprint density at radius 3 is 2.41 bits per heavy atom. The van der Waals surface area contributed by atoms with Crippen LogP contribution < -0.4 is 10.6 Å². The molecule has 2 amide bonds. The van der Waals surface area contributed by atoms with Crippen LogP contribution in [0.15, 0.2) is 5.38 Å². The van der Waals surface area contributed by atoms with Crippen LogP contribution in [0.4, 0.5) is 9.93 Å². The molecular weight excluding hydrogens is 302 g/mol. The Bertz CT molecular complexity index is 527. The van der Waals surface area contributed by atoms with Gasteiger partial charge in [-0.05, 0) is 32.6 Å². The Kier molecular flexibility index (Phi) is 5.93. The zero-order chi connectivity index (χ0) is 17.0. The lowest BCUT2D eigenvalue weighted by atomic mass is 9.92. The SMILES string of the molecule is CC(C)(C)CCNC(=O)c1csc(NC(=O)OC(C)(C)C)n1. The zero-order valence-electron chi connectivity index (χ0n) is 14.1. The third kappa shape index (κ3) is 7.40. The fraction of sp³-hybridized carbons (Fsp3) is 0.667. The van der Waals surface area contributed by atoms with Crippen LogP contribution >= 0.6 is 11.3 Å².